The third-order valence-corrected chi connectivity index (χ3v) is 6.65. The van der Waals surface area contributed by atoms with Crippen molar-refractivity contribution in [1.82, 2.24) is 0 Å². The SMILES string of the molecule is COc1c(O)ccc2c1-c1ccc3c(c1C(=Cc1ccc(Cl)c(Cl)c1)O2)C(C)=CC(C)(C)N3. The van der Waals surface area contributed by atoms with Gasteiger partial charge in [-0.25, -0.2) is 0 Å². The standard InChI is InChI=1S/C27H23Cl2NO3/c1-14-13-27(2,3)30-19-8-6-16-24(23(14)19)22(12-15-5-7-17(28)18(29)11-15)33-21-10-9-20(31)26(32-4)25(16)21/h5-13,30-31H,1-4H3. The molecular formula is C27H23Cl2NO3. The third kappa shape index (κ3) is 3.64. The van der Waals surface area contributed by atoms with Crippen molar-refractivity contribution in [3.63, 3.8) is 0 Å². The van der Waals surface area contributed by atoms with Crippen LogP contribution in [0.4, 0.5) is 5.69 Å². The Labute approximate surface area is 203 Å². The van der Waals surface area contributed by atoms with Gasteiger partial charge < -0.3 is 19.9 Å². The van der Waals surface area contributed by atoms with Gasteiger partial charge in [-0.2, -0.15) is 0 Å². The van der Waals surface area contributed by atoms with E-state index in [1.807, 2.05) is 24.3 Å². The lowest BCUT2D eigenvalue weighted by Gasteiger charge is -2.35. The Hall–Kier alpha value is -3.08. The predicted octanol–water partition coefficient (Wildman–Crippen LogP) is 7.87. The van der Waals surface area contributed by atoms with Crippen molar-refractivity contribution in [1.29, 1.82) is 0 Å². The first-order valence-corrected chi connectivity index (χ1v) is 11.3. The molecule has 2 heterocycles. The van der Waals surface area contributed by atoms with E-state index in [4.69, 9.17) is 32.7 Å². The van der Waals surface area contributed by atoms with Crippen LogP contribution in [0.3, 0.4) is 0 Å². The Morgan fingerprint density at radius 2 is 1.79 bits per heavy atom. The zero-order chi connectivity index (χ0) is 23.5. The van der Waals surface area contributed by atoms with E-state index in [0.29, 0.717) is 27.3 Å². The predicted molar refractivity (Wildman–Crippen MR) is 136 cm³/mol. The van der Waals surface area contributed by atoms with Gasteiger partial charge in [0, 0.05) is 22.4 Å². The van der Waals surface area contributed by atoms with Gasteiger partial charge in [-0.15, -0.1) is 0 Å². The highest BCUT2D eigenvalue weighted by Gasteiger charge is 2.33. The molecule has 6 heteroatoms. The monoisotopic (exact) mass is 479 g/mol. The molecule has 0 amide bonds. The molecule has 0 fully saturated rings. The van der Waals surface area contributed by atoms with Crippen LogP contribution in [-0.2, 0) is 0 Å². The molecule has 4 nitrogen and oxygen atoms in total. The van der Waals surface area contributed by atoms with E-state index in [9.17, 15) is 5.11 Å². The Morgan fingerprint density at radius 1 is 1.00 bits per heavy atom. The summed E-state index contributed by atoms with van der Waals surface area (Å²) in [7, 11) is 1.55. The quantitative estimate of drug-likeness (QED) is 0.392. The maximum Gasteiger partial charge on any atom is 0.172 e. The molecule has 0 bridgehead atoms. The van der Waals surface area contributed by atoms with Gasteiger partial charge in [-0.1, -0.05) is 41.4 Å². The lowest BCUT2D eigenvalue weighted by atomic mass is 9.83. The van der Waals surface area contributed by atoms with Gasteiger partial charge in [0.25, 0.3) is 0 Å². The summed E-state index contributed by atoms with van der Waals surface area (Å²) in [5.74, 6) is 1.73. The second kappa shape index (κ2) is 7.75. The molecule has 168 valence electrons. The molecule has 0 atom stereocenters. The smallest absolute Gasteiger partial charge is 0.172 e. The largest absolute Gasteiger partial charge is 0.504 e. The summed E-state index contributed by atoms with van der Waals surface area (Å²) in [5.41, 5.74) is 6.45. The van der Waals surface area contributed by atoms with Crippen molar-refractivity contribution >= 4 is 46.3 Å². The first kappa shape index (κ1) is 21.7. The van der Waals surface area contributed by atoms with Crippen LogP contribution in [0.5, 0.6) is 17.2 Å². The van der Waals surface area contributed by atoms with E-state index in [2.05, 4.69) is 38.2 Å². The van der Waals surface area contributed by atoms with Crippen LogP contribution in [-0.4, -0.2) is 17.8 Å². The summed E-state index contributed by atoms with van der Waals surface area (Å²) in [5, 5.41) is 15.0. The maximum atomic E-state index is 10.5. The van der Waals surface area contributed by atoms with Crippen molar-refractivity contribution in [2.24, 2.45) is 0 Å². The van der Waals surface area contributed by atoms with E-state index in [1.54, 1.807) is 25.3 Å². The average molecular weight is 480 g/mol. The highest BCUT2D eigenvalue weighted by Crippen LogP contribution is 2.54. The fourth-order valence-corrected chi connectivity index (χ4v) is 5.01. The van der Waals surface area contributed by atoms with E-state index >= 15 is 0 Å². The first-order valence-electron chi connectivity index (χ1n) is 10.6. The number of anilines is 1. The van der Waals surface area contributed by atoms with Gasteiger partial charge in [0.15, 0.2) is 11.5 Å². The molecule has 0 spiro atoms. The molecule has 5 rings (SSSR count). The maximum absolute atomic E-state index is 10.5. The summed E-state index contributed by atoms with van der Waals surface area (Å²) in [6.07, 6.45) is 4.16. The van der Waals surface area contributed by atoms with Gasteiger partial charge in [0.2, 0.25) is 0 Å². The van der Waals surface area contributed by atoms with Crippen LogP contribution in [0.15, 0.2) is 48.5 Å². The first-order chi connectivity index (χ1) is 15.7. The van der Waals surface area contributed by atoms with Crippen LogP contribution < -0.4 is 14.8 Å². The molecule has 0 radical (unpaired) electrons. The summed E-state index contributed by atoms with van der Waals surface area (Å²) in [6, 6.07) is 12.9. The molecule has 33 heavy (non-hydrogen) atoms. The second-order valence-electron chi connectivity index (χ2n) is 8.86. The van der Waals surface area contributed by atoms with Gasteiger partial charge >= 0.3 is 0 Å². The van der Waals surface area contributed by atoms with Gasteiger partial charge in [-0.3, -0.25) is 0 Å². The lowest BCUT2D eigenvalue weighted by Crippen LogP contribution is -2.32. The van der Waals surface area contributed by atoms with Crippen LogP contribution in [0.25, 0.3) is 28.5 Å². The van der Waals surface area contributed by atoms with Crippen molar-refractivity contribution in [3.05, 3.63) is 75.3 Å². The molecule has 0 aliphatic carbocycles. The lowest BCUT2D eigenvalue weighted by molar-refractivity contribution is 0.371. The highest BCUT2D eigenvalue weighted by atomic mass is 35.5. The van der Waals surface area contributed by atoms with Crippen LogP contribution in [0.1, 0.15) is 37.5 Å². The minimum Gasteiger partial charge on any atom is -0.504 e. The molecule has 0 unspecified atom stereocenters. The van der Waals surface area contributed by atoms with Gasteiger partial charge in [0.05, 0.1) is 28.3 Å². The minimum absolute atomic E-state index is 0.0620. The van der Waals surface area contributed by atoms with Gasteiger partial charge in [0.1, 0.15) is 11.5 Å². The Kier molecular flexibility index (Phi) is 5.11. The minimum atomic E-state index is -0.178. The molecule has 3 aromatic rings. The molecule has 0 saturated carbocycles. The molecule has 3 aromatic carbocycles. The number of nitrogens with one attached hydrogen (secondary N) is 1. The van der Waals surface area contributed by atoms with E-state index in [1.165, 1.54) is 0 Å². The van der Waals surface area contributed by atoms with Crippen molar-refractivity contribution in [2.45, 2.75) is 26.3 Å². The number of halogens is 2. The molecule has 0 aromatic heterocycles. The third-order valence-electron chi connectivity index (χ3n) is 5.91. The molecule has 2 aliphatic heterocycles. The number of phenolic OH excluding ortho intramolecular Hbond substituents is 1. The summed E-state index contributed by atoms with van der Waals surface area (Å²) >= 11 is 12.4. The highest BCUT2D eigenvalue weighted by molar-refractivity contribution is 6.42. The molecule has 2 aliphatic rings. The number of methoxy groups -OCH3 is 1. The Bertz CT molecular complexity index is 1370. The average Bonchev–Trinajstić information content (AvgIpc) is 2.75. The molecule has 2 N–H and O–H groups in total. The molecular weight excluding hydrogens is 457 g/mol. The van der Waals surface area contributed by atoms with Crippen molar-refractivity contribution in [3.8, 4) is 28.4 Å². The van der Waals surface area contributed by atoms with Crippen LogP contribution in [0.2, 0.25) is 10.0 Å². The number of aromatic hydroxyl groups is 1. The zero-order valence-electron chi connectivity index (χ0n) is 18.7. The number of hydrogen-bond acceptors (Lipinski definition) is 4. The Balaban J connectivity index is 1.83. The van der Waals surface area contributed by atoms with Crippen molar-refractivity contribution < 1.29 is 14.6 Å². The number of ether oxygens (including phenoxy) is 2. The van der Waals surface area contributed by atoms with Crippen molar-refractivity contribution in [2.75, 3.05) is 12.4 Å². The topological polar surface area (TPSA) is 50.7 Å². The summed E-state index contributed by atoms with van der Waals surface area (Å²) < 4.78 is 12.0. The number of phenols is 1. The number of allylic oxidation sites excluding steroid dienone is 1. The second-order valence-corrected chi connectivity index (χ2v) is 9.67. The fourth-order valence-electron chi connectivity index (χ4n) is 4.70. The molecule has 0 saturated heterocycles. The zero-order valence-corrected chi connectivity index (χ0v) is 20.2. The van der Waals surface area contributed by atoms with E-state index in [-0.39, 0.29) is 11.3 Å². The Morgan fingerprint density at radius 3 is 2.52 bits per heavy atom. The van der Waals surface area contributed by atoms with E-state index < -0.39 is 0 Å². The van der Waals surface area contributed by atoms with E-state index in [0.717, 1.165) is 39.1 Å². The number of benzene rings is 3. The number of fused-ring (bicyclic) bond motifs is 5. The summed E-state index contributed by atoms with van der Waals surface area (Å²) in [6.45, 7) is 6.38. The fraction of sp³-hybridized carbons (Fsp3) is 0.185. The van der Waals surface area contributed by atoms with Crippen LogP contribution in [0, 0.1) is 0 Å². The number of hydrogen-bond donors (Lipinski definition) is 2. The summed E-state index contributed by atoms with van der Waals surface area (Å²) in [4.78, 5) is 0. The van der Waals surface area contributed by atoms with Crippen LogP contribution >= 0.6 is 23.2 Å². The normalized spacial score (nSPS) is 16.7. The number of rotatable bonds is 2. The van der Waals surface area contributed by atoms with Gasteiger partial charge in [-0.05, 0) is 68.3 Å².